The van der Waals surface area contributed by atoms with Gasteiger partial charge in [-0.25, -0.2) is 0 Å². The summed E-state index contributed by atoms with van der Waals surface area (Å²) in [5.74, 6) is -1.08. The van der Waals surface area contributed by atoms with Crippen molar-refractivity contribution in [3.8, 4) is 0 Å². The van der Waals surface area contributed by atoms with E-state index in [4.69, 9.17) is 0 Å². The first-order chi connectivity index (χ1) is 12.8. The number of benzene rings is 1. The van der Waals surface area contributed by atoms with Gasteiger partial charge >= 0.3 is 5.97 Å². The predicted molar refractivity (Wildman–Crippen MR) is 111 cm³/mol. The van der Waals surface area contributed by atoms with Crippen LogP contribution in [-0.4, -0.2) is 11.1 Å². The van der Waals surface area contributed by atoms with Crippen molar-refractivity contribution in [1.29, 1.82) is 0 Å². The number of carboxylic acids is 1. The maximum atomic E-state index is 11.4. The Morgan fingerprint density at radius 2 is 1.50 bits per heavy atom. The predicted octanol–water partition coefficient (Wildman–Crippen LogP) is 7.05. The van der Waals surface area contributed by atoms with Gasteiger partial charge in [0.1, 0.15) is 0 Å². The molecular formula is C24H34O2. The standard InChI is InChI=1S/C24H34O2/c1-2-3-4-5-6-7-8-9-10-11-12-13-14-18-21-23(24(25)26)22-19-16-15-17-20-22/h3-4,6-7,9-10,15-17,19-20,23H,2,5,8,11-14,18,21H2,1H3,(H,25,26)/b4-3-,7-6-,10-9-. The van der Waals surface area contributed by atoms with E-state index in [1.807, 2.05) is 30.3 Å². The van der Waals surface area contributed by atoms with Crippen molar-refractivity contribution in [2.24, 2.45) is 0 Å². The fraction of sp³-hybridized carbons (Fsp3) is 0.458. The van der Waals surface area contributed by atoms with Crippen LogP contribution in [0.3, 0.4) is 0 Å². The van der Waals surface area contributed by atoms with Crippen molar-refractivity contribution in [3.05, 3.63) is 72.4 Å². The summed E-state index contributed by atoms with van der Waals surface area (Å²) in [6.45, 7) is 2.15. The van der Waals surface area contributed by atoms with Gasteiger partial charge in [-0.3, -0.25) is 4.79 Å². The van der Waals surface area contributed by atoms with Crippen LogP contribution in [-0.2, 0) is 4.79 Å². The Bertz CT molecular complexity index is 555. The smallest absolute Gasteiger partial charge is 0.310 e. The Kier molecular flexibility index (Phi) is 12.8. The third-order valence-electron chi connectivity index (χ3n) is 4.39. The van der Waals surface area contributed by atoms with Crippen LogP contribution in [0.1, 0.15) is 76.2 Å². The fourth-order valence-electron chi connectivity index (χ4n) is 2.91. The van der Waals surface area contributed by atoms with Crippen LogP contribution in [0.5, 0.6) is 0 Å². The lowest BCUT2D eigenvalue weighted by Crippen LogP contribution is -2.11. The van der Waals surface area contributed by atoms with E-state index in [-0.39, 0.29) is 5.92 Å². The molecular weight excluding hydrogens is 320 g/mol. The molecule has 0 amide bonds. The van der Waals surface area contributed by atoms with Crippen LogP contribution in [0.25, 0.3) is 0 Å². The summed E-state index contributed by atoms with van der Waals surface area (Å²) in [5.41, 5.74) is 0.918. The first-order valence-corrected chi connectivity index (χ1v) is 9.98. The SMILES string of the molecule is CC/C=C\C/C=C\C/C=C\CCCCCCC(C(=O)O)c1ccccc1. The zero-order valence-corrected chi connectivity index (χ0v) is 16.1. The van der Waals surface area contributed by atoms with Crippen LogP contribution in [0.2, 0.25) is 0 Å². The van der Waals surface area contributed by atoms with E-state index < -0.39 is 5.97 Å². The third kappa shape index (κ3) is 10.7. The highest BCUT2D eigenvalue weighted by atomic mass is 16.4. The lowest BCUT2D eigenvalue weighted by molar-refractivity contribution is -0.139. The second-order valence-corrected chi connectivity index (χ2v) is 6.59. The minimum Gasteiger partial charge on any atom is -0.481 e. The Hall–Kier alpha value is -2.09. The van der Waals surface area contributed by atoms with E-state index in [1.165, 1.54) is 12.8 Å². The summed E-state index contributed by atoms with van der Waals surface area (Å²) in [4.78, 5) is 11.4. The highest BCUT2D eigenvalue weighted by Crippen LogP contribution is 2.23. The molecule has 1 aromatic carbocycles. The molecule has 1 rings (SSSR count). The molecule has 0 saturated carbocycles. The zero-order valence-electron chi connectivity index (χ0n) is 16.1. The van der Waals surface area contributed by atoms with Gasteiger partial charge in [0.25, 0.3) is 0 Å². The molecule has 1 N–H and O–H groups in total. The lowest BCUT2D eigenvalue weighted by Gasteiger charge is -2.12. The lowest BCUT2D eigenvalue weighted by atomic mass is 9.93. The molecule has 0 bridgehead atoms. The fourth-order valence-corrected chi connectivity index (χ4v) is 2.91. The van der Waals surface area contributed by atoms with Gasteiger partial charge in [0, 0.05) is 0 Å². The molecule has 0 aliphatic carbocycles. The molecule has 1 unspecified atom stereocenters. The Labute approximate surface area is 159 Å². The number of carbonyl (C=O) groups is 1. The largest absolute Gasteiger partial charge is 0.481 e. The van der Waals surface area contributed by atoms with Gasteiger partial charge in [0.15, 0.2) is 0 Å². The number of aliphatic carboxylic acids is 1. The average molecular weight is 355 g/mol. The highest BCUT2D eigenvalue weighted by molar-refractivity contribution is 5.75. The summed E-state index contributed by atoms with van der Waals surface area (Å²) in [6, 6.07) is 9.58. The number of unbranched alkanes of at least 4 members (excludes halogenated alkanes) is 4. The van der Waals surface area contributed by atoms with E-state index in [0.717, 1.165) is 50.5 Å². The van der Waals surface area contributed by atoms with Crippen LogP contribution in [0.4, 0.5) is 0 Å². The summed E-state index contributed by atoms with van der Waals surface area (Å²) < 4.78 is 0. The summed E-state index contributed by atoms with van der Waals surface area (Å²) in [6.07, 6.45) is 22.7. The van der Waals surface area contributed by atoms with Crippen molar-refractivity contribution in [1.82, 2.24) is 0 Å². The van der Waals surface area contributed by atoms with Crippen molar-refractivity contribution >= 4 is 5.97 Å². The van der Waals surface area contributed by atoms with Crippen molar-refractivity contribution < 1.29 is 9.90 Å². The second kappa shape index (κ2) is 15.2. The monoisotopic (exact) mass is 354 g/mol. The van der Waals surface area contributed by atoms with Crippen LogP contribution >= 0.6 is 0 Å². The molecule has 0 aliphatic heterocycles. The maximum absolute atomic E-state index is 11.4. The van der Waals surface area contributed by atoms with Gasteiger partial charge in [-0.15, -0.1) is 0 Å². The van der Waals surface area contributed by atoms with E-state index in [1.54, 1.807) is 0 Å². The minimum absolute atomic E-state index is 0.366. The van der Waals surface area contributed by atoms with Gasteiger partial charge in [-0.05, 0) is 44.1 Å². The van der Waals surface area contributed by atoms with Crippen molar-refractivity contribution in [2.75, 3.05) is 0 Å². The molecule has 0 saturated heterocycles. The highest BCUT2D eigenvalue weighted by Gasteiger charge is 2.18. The number of rotatable bonds is 14. The molecule has 0 aromatic heterocycles. The molecule has 0 radical (unpaired) electrons. The quantitative estimate of drug-likeness (QED) is 0.287. The summed E-state index contributed by atoms with van der Waals surface area (Å²) in [5, 5.41) is 9.41. The van der Waals surface area contributed by atoms with Crippen LogP contribution < -0.4 is 0 Å². The van der Waals surface area contributed by atoms with E-state index >= 15 is 0 Å². The maximum Gasteiger partial charge on any atom is 0.310 e. The molecule has 0 fully saturated rings. The molecule has 1 aromatic rings. The van der Waals surface area contributed by atoms with Gasteiger partial charge in [0.2, 0.25) is 0 Å². The van der Waals surface area contributed by atoms with E-state index in [9.17, 15) is 9.90 Å². The number of hydrogen-bond donors (Lipinski definition) is 1. The molecule has 26 heavy (non-hydrogen) atoms. The van der Waals surface area contributed by atoms with E-state index in [0.29, 0.717) is 0 Å². The number of allylic oxidation sites excluding steroid dienone is 6. The van der Waals surface area contributed by atoms with Crippen molar-refractivity contribution in [3.63, 3.8) is 0 Å². The summed E-state index contributed by atoms with van der Waals surface area (Å²) >= 11 is 0. The van der Waals surface area contributed by atoms with Crippen molar-refractivity contribution in [2.45, 2.75) is 70.6 Å². The second-order valence-electron chi connectivity index (χ2n) is 6.59. The molecule has 142 valence electrons. The van der Waals surface area contributed by atoms with Gasteiger partial charge in [-0.1, -0.05) is 93.0 Å². The van der Waals surface area contributed by atoms with Gasteiger partial charge < -0.3 is 5.11 Å². The zero-order chi connectivity index (χ0) is 18.9. The molecule has 1 atom stereocenters. The molecule has 0 heterocycles. The average Bonchev–Trinajstić information content (AvgIpc) is 2.65. The van der Waals surface area contributed by atoms with E-state index in [2.05, 4.69) is 43.4 Å². The third-order valence-corrected chi connectivity index (χ3v) is 4.39. The first-order valence-electron chi connectivity index (χ1n) is 9.98. The number of hydrogen-bond acceptors (Lipinski definition) is 1. The molecule has 0 spiro atoms. The molecule has 0 aliphatic rings. The minimum atomic E-state index is -0.711. The Morgan fingerprint density at radius 1 is 0.885 bits per heavy atom. The normalized spacial score (nSPS) is 13.1. The number of carboxylic acid groups (broad SMARTS) is 1. The van der Waals surface area contributed by atoms with Crippen LogP contribution in [0.15, 0.2) is 66.8 Å². The van der Waals surface area contributed by atoms with Crippen LogP contribution in [0, 0.1) is 0 Å². The topological polar surface area (TPSA) is 37.3 Å². The Morgan fingerprint density at radius 3 is 2.15 bits per heavy atom. The first kappa shape index (κ1) is 22.0. The molecule has 2 nitrogen and oxygen atoms in total. The Balaban J connectivity index is 2.07. The summed E-state index contributed by atoms with van der Waals surface area (Å²) in [7, 11) is 0. The van der Waals surface area contributed by atoms with Gasteiger partial charge in [-0.2, -0.15) is 0 Å². The molecule has 2 heteroatoms. The van der Waals surface area contributed by atoms with Gasteiger partial charge in [0.05, 0.1) is 5.92 Å².